The van der Waals surface area contributed by atoms with Gasteiger partial charge in [0.15, 0.2) is 0 Å². The van der Waals surface area contributed by atoms with Crippen LogP contribution in [0.4, 0.5) is 5.95 Å². The molecule has 2 fully saturated rings. The Morgan fingerprint density at radius 1 is 0.821 bits per heavy atom. The Morgan fingerprint density at radius 2 is 1.43 bits per heavy atom. The molecule has 1 saturated heterocycles. The number of anilines is 1. The molecule has 1 N–H and O–H groups in total. The van der Waals surface area contributed by atoms with Gasteiger partial charge in [0.1, 0.15) is 5.60 Å². The van der Waals surface area contributed by atoms with Crippen LogP contribution in [0.1, 0.15) is 31.4 Å². The van der Waals surface area contributed by atoms with Crippen LogP contribution in [-0.2, 0) is 5.60 Å². The quantitative estimate of drug-likeness (QED) is 0.778. The van der Waals surface area contributed by atoms with Crippen LogP contribution in [0.2, 0.25) is 0 Å². The van der Waals surface area contributed by atoms with Gasteiger partial charge in [0.05, 0.1) is 5.69 Å². The summed E-state index contributed by atoms with van der Waals surface area (Å²) in [5.74, 6) is 0.829. The number of pyridine rings is 1. The van der Waals surface area contributed by atoms with E-state index in [1.54, 1.807) is 18.6 Å². The monoisotopic (exact) mass is 447 g/mol. The summed E-state index contributed by atoms with van der Waals surface area (Å²) in [5.41, 5.74) is 0.0665. The third-order valence-corrected chi connectivity index (χ3v) is 5.59. The smallest absolute Gasteiger partial charge is 0.225 e. The molecule has 0 amide bonds. The number of halogens is 3. The fraction of sp³-hybridized carbons (Fsp3) is 0.526. The van der Waals surface area contributed by atoms with E-state index >= 15 is 0 Å². The minimum absolute atomic E-state index is 0. The molecule has 0 spiro atoms. The number of aromatic nitrogens is 3. The van der Waals surface area contributed by atoms with E-state index in [1.807, 2.05) is 24.3 Å². The molecule has 9 heteroatoms. The Balaban J connectivity index is 0.00000131. The largest absolute Gasteiger partial charge is 0.384 e. The summed E-state index contributed by atoms with van der Waals surface area (Å²) >= 11 is 0. The topological polar surface area (TPSA) is 65.4 Å². The molecular weight excluding hydrogens is 421 g/mol. The lowest BCUT2D eigenvalue weighted by molar-refractivity contribution is -0.0290. The van der Waals surface area contributed by atoms with Crippen LogP contribution in [-0.4, -0.2) is 57.2 Å². The van der Waals surface area contributed by atoms with E-state index in [4.69, 9.17) is 0 Å². The van der Waals surface area contributed by atoms with Crippen LogP contribution in [0, 0.1) is 0 Å². The van der Waals surface area contributed by atoms with Gasteiger partial charge in [-0.05, 0) is 43.9 Å². The van der Waals surface area contributed by atoms with Crippen molar-refractivity contribution in [2.45, 2.75) is 37.3 Å². The summed E-state index contributed by atoms with van der Waals surface area (Å²) in [5, 5.41) is 10.9. The number of piperazine rings is 1. The summed E-state index contributed by atoms with van der Waals surface area (Å²) < 4.78 is 0. The van der Waals surface area contributed by atoms with Gasteiger partial charge in [-0.3, -0.25) is 9.88 Å². The van der Waals surface area contributed by atoms with Gasteiger partial charge in [-0.1, -0.05) is 6.07 Å². The average Bonchev–Trinajstić information content (AvgIpc) is 2.70. The lowest BCUT2D eigenvalue weighted by Gasteiger charge is -2.44. The molecule has 0 atom stereocenters. The van der Waals surface area contributed by atoms with Gasteiger partial charge in [-0.2, -0.15) is 0 Å². The van der Waals surface area contributed by atoms with Crippen molar-refractivity contribution >= 4 is 43.2 Å². The Bertz CT molecular complexity index is 678. The number of rotatable bonds is 3. The Hall–Kier alpha value is -1.18. The number of aliphatic hydroxyl groups is 1. The minimum atomic E-state index is -0.753. The van der Waals surface area contributed by atoms with Crippen molar-refractivity contribution in [3.8, 4) is 0 Å². The zero-order valence-corrected chi connectivity index (χ0v) is 18.1. The molecular formula is C19H28Cl3N5O. The van der Waals surface area contributed by atoms with E-state index in [0.717, 1.165) is 63.5 Å². The molecule has 2 aromatic rings. The van der Waals surface area contributed by atoms with Gasteiger partial charge < -0.3 is 10.0 Å². The van der Waals surface area contributed by atoms with Gasteiger partial charge in [0.2, 0.25) is 5.95 Å². The van der Waals surface area contributed by atoms with Crippen molar-refractivity contribution in [1.29, 1.82) is 0 Å². The average molecular weight is 449 g/mol. The summed E-state index contributed by atoms with van der Waals surface area (Å²) in [7, 11) is 0. The first-order valence-electron chi connectivity index (χ1n) is 9.14. The van der Waals surface area contributed by atoms with Crippen LogP contribution in [0.25, 0.3) is 0 Å². The molecule has 1 saturated carbocycles. The SMILES string of the molecule is Cl.Cl.Cl.OC1(c2ccccn2)CCC(N2CCN(c3ncccn3)CC2)CC1. The zero-order chi connectivity index (χ0) is 17.1. The molecule has 0 bridgehead atoms. The Morgan fingerprint density at radius 3 is 2.00 bits per heavy atom. The molecule has 1 aliphatic heterocycles. The maximum atomic E-state index is 10.9. The normalized spacial score (nSPS) is 25.0. The Labute approximate surface area is 185 Å². The molecule has 0 radical (unpaired) electrons. The molecule has 156 valence electrons. The van der Waals surface area contributed by atoms with Crippen LogP contribution in [0.5, 0.6) is 0 Å². The van der Waals surface area contributed by atoms with E-state index in [1.165, 1.54) is 0 Å². The van der Waals surface area contributed by atoms with E-state index in [-0.39, 0.29) is 37.2 Å². The molecule has 2 aromatic heterocycles. The zero-order valence-electron chi connectivity index (χ0n) is 15.7. The van der Waals surface area contributed by atoms with E-state index in [0.29, 0.717) is 6.04 Å². The highest BCUT2D eigenvalue weighted by molar-refractivity contribution is 5.86. The Kier molecular flexibility index (Phi) is 9.87. The summed E-state index contributed by atoms with van der Waals surface area (Å²) in [4.78, 5) is 17.9. The van der Waals surface area contributed by atoms with Crippen LogP contribution in [0.3, 0.4) is 0 Å². The third-order valence-electron chi connectivity index (χ3n) is 5.59. The van der Waals surface area contributed by atoms with Gasteiger partial charge in [0.25, 0.3) is 0 Å². The molecule has 2 aliphatic rings. The fourth-order valence-electron chi connectivity index (χ4n) is 4.08. The molecule has 0 aromatic carbocycles. The first-order valence-corrected chi connectivity index (χ1v) is 9.14. The predicted molar refractivity (Wildman–Crippen MR) is 118 cm³/mol. The summed E-state index contributed by atoms with van der Waals surface area (Å²) in [6, 6.07) is 8.21. The van der Waals surface area contributed by atoms with Crippen LogP contribution >= 0.6 is 37.2 Å². The molecule has 3 heterocycles. The molecule has 1 aliphatic carbocycles. The highest BCUT2D eigenvalue weighted by Crippen LogP contribution is 2.37. The van der Waals surface area contributed by atoms with Gasteiger partial charge in [-0.15, -0.1) is 37.2 Å². The van der Waals surface area contributed by atoms with Crippen molar-refractivity contribution in [3.05, 3.63) is 48.5 Å². The van der Waals surface area contributed by atoms with Gasteiger partial charge >= 0.3 is 0 Å². The van der Waals surface area contributed by atoms with Crippen molar-refractivity contribution in [2.75, 3.05) is 31.1 Å². The van der Waals surface area contributed by atoms with Crippen molar-refractivity contribution in [2.24, 2.45) is 0 Å². The molecule has 0 unspecified atom stereocenters. The lowest BCUT2D eigenvalue weighted by Crippen LogP contribution is -2.52. The van der Waals surface area contributed by atoms with Gasteiger partial charge in [-0.25, -0.2) is 9.97 Å². The fourth-order valence-corrected chi connectivity index (χ4v) is 4.08. The van der Waals surface area contributed by atoms with Crippen molar-refractivity contribution in [1.82, 2.24) is 19.9 Å². The van der Waals surface area contributed by atoms with E-state index < -0.39 is 5.60 Å². The molecule has 4 rings (SSSR count). The maximum absolute atomic E-state index is 10.9. The van der Waals surface area contributed by atoms with E-state index in [9.17, 15) is 5.11 Å². The van der Waals surface area contributed by atoms with Crippen molar-refractivity contribution in [3.63, 3.8) is 0 Å². The summed E-state index contributed by atoms with van der Waals surface area (Å²) in [6.45, 7) is 3.99. The van der Waals surface area contributed by atoms with Crippen molar-refractivity contribution < 1.29 is 5.11 Å². The standard InChI is InChI=1S/C19H25N5O.3ClH/c25-19(17-4-1-2-9-20-17)7-5-16(6-8-19)23-12-14-24(15-13-23)18-21-10-3-11-22-18;;;/h1-4,9-11,16,25H,5-8,12-15H2;3*1H. The third kappa shape index (κ3) is 5.45. The number of hydrogen-bond donors (Lipinski definition) is 1. The number of nitrogens with zero attached hydrogens (tertiary/aromatic N) is 5. The highest BCUT2D eigenvalue weighted by Gasteiger charge is 2.38. The van der Waals surface area contributed by atoms with Crippen LogP contribution < -0.4 is 4.90 Å². The minimum Gasteiger partial charge on any atom is -0.384 e. The van der Waals surface area contributed by atoms with Crippen LogP contribution in [0.15, 0.2) is 42.9 Å². The number of hydrogen-bond acceptors (Lipinski definition) is 6. The predicted octanol–water partition coefficient (Wildman–Crippen LogP) is 3.09. The molecule has 28 heavy (non-hydrogen) atoms. The maximum Gasteiger partial charge on any atom is 0.225 e. The highest BCUT2D eigenvalue weighted by atomic mass is 35.5. The first kappa shape index (κ1) is 24.9. The molecule has 6 nitrogen and oxygen atoms in total. The second kappa shape index (κ2) is 11.1. The van der Waals surface area contributed by atoms with E-state index in [2.05, 4.69) is 24.8 Å². The first-order chi connectivity index (χ1) is 12.2. The second-order valence-electron chi connectivity index (χ2n) is 7.05. The summed E-state index contributed by atoms with van der Waals surface area (Å²) in [6.07, 6.45) is 8.99. The second-order valence-corrected chi connectivity index (χ2v) is 7.05. The lowest BCUT2D eigenvalue weighted by atomic mass is 9.79. The van der Waals surface area contributed by atoms with Gasteiger partial charge in [0, 0.05) is 50.8 Å².